The molecule has 0 aromatic heterocycles. The normalized spacial score (nSPS) is 28.4. The van der Waals surface area contributed by atoms with E-state index < -0.39 is 0 Å². The molecular formula is C8H18NOY-. The van der Waals surface area contributed by atoms with Crippen LogP contribution in [0.25, 0.3) is 0 Å². The molecule has 1 radical (unpaired) electrons. The molecule has 0 spiro atoms. The molecule has 1 rings (SSSR count). The zero-order valence-electron chi connectivity index (χ0n) is 7.51. The first kappa shape index (κ1) is 14.5. The fourth-order valence-corrected chi connectivity index (χ4v) is 1.18. The Morgan fingerprint density at radius 1 is 1.36 bits per heavy atom. The van der Waals surface area contributed by atoms with Gasteiger partial charge in [0.2, 0.25) is 0 Å². The maximum absolute atomic E-state index is 9.09. The van der Waals surface area contributed by atoms with Crippen LogP contribution in [0.1, 0.15) is 33.1 Å². The SMILES string of the molecule is CC.[CH2-]NC1CCCC1O.[Y]. The third-order valence-electron chi connectivity index (χ3n) is 1.74. The number of rotatable bonds is 1. The van der Waals surface area contributed by atoms with Crippen LogP contribution in [0.2, 0.25) is 0 Å². The van der Waals surface area contributed by atoms with Crippen LogP contribution in [0.5, 0.6) is 0 Å². The van der Waals surface area contributed by atoms with E-state index in [4.69, 9.17) is 5.11 Å². The van der Waals surface area contributed by atoms with E-state index in [1.54, 1.807) is 0 Å². The van der Waals surface area contributed by atoms with Crippen molar-refractivity contribution in [2.75, 3.05) is 0 Å². The molecular weight excluding hydrogens is 215 g/mol. The molecule has 1 aliphatic carbocycles. The topological polar surface area (TPSA) is 32.3 Å². The molecule has 11 heavy (non-hydrogen) atoms. The summed E-state index contributed by atoms with van der Waals surface area (Å²) in [6, 6.07) is 0.259. The number of aliphatic hydroxyl groups is 1. The van der Waals surface area contributed by atoms with E-state index in [9.17, 15) is 0 Å². The maximum atomic E-state index is 9.09. The van der Waals surface area contributed by atoms with E-state index in [-0.39, 0.29) is 44.9 Å². The Morgan fingerprint density at radius 3 is 2.09 bits per heavy atom. The van der Waals surface area contributed by atoms with Gasteiger partial charge >= 0.3 is 0 Å². The van der Waals surface area contributed by atoms with Gasteiger partial charge in [0, 0.05) is 38.8 Å². The molecule has 0 aliphatic heterocycles. The van der Waals surface area contributed by atoms with Gasteiger partial charge in [-0.25, -0.2) is 0 Å². The van der Waals surface area contributed by atoms with Crippen LogP contribution in [0.3, 0.4) is 0 Å². The first-order chi connectivity index (χ1) is 4.84. The molecule has 0 bridgehead atoms. The summed E-state index contributed by atoms with van der Waals surface area (Å²) in [7, 11) is 3.51. The average Bonchev–Trinajstić information content (AvgIpc) is 2.39. The Morgan fingerprint density at radius 2 is 1.91 bits per heavy atom. The molecule has 0 saturated heterocycles. The van der Waals surface area contributed by atoms with Crippen LogP contribution in [-0.2, 0) is 32.7 Å². The molecule has 1 fully saturated rings. The Labute approximate surface area is 95.0 Å². The maximum Gasteiger partial charge on any atom is 0.0669 e. The fraction of sp³-hybridized carbons (Fsp3) is 0.875. The molecule has 65 valence electrons. The zero-order valence-corrected chi connectivity index (χ0v) is 10.3. The molecule has 3 heteroatoms. The van der Waals surface area contributed by atoms with E-state index in [1.807, 2.05) is 13.8 Å². The van der Waals surface area contributed by atoms with Crippen molar-refractivity contribution in [3.8, 4) is 0 Å². The van der Waals surface area contributed by atoms with E-state index in [0.717, 1.165) is 19.3 Å². The van der Waals surface area contributed by atoms with Crippen LogP contribution in [0, 0.1) is 7.05 Å². The van der Waals surface area contributed by atoms with Crippen molar-refractivity contribution in [2.45, 2.75) is 45.3 Å². The molecule has 2 unspecified atom stereocenters. The minimum atomic E-state index is -0.146. The quantitative estimate of drug-likeness (QED) is 0.669. The summed E-state index contributed by atoms with van der Waals surface area (Å²) < 4.78 is 0. The van der Waals surface area contributed by atoms with Gasteiger partial charge in [-0.15, -0.1) is 0 Å². The Kier molecular flexibility index (Phi) is 12.1. The van der Waals surface area contributed by atoms with Gasteiger partial charge in [0.25, 0.3) is 0 Å². The number of hydrogen-bond donors (Lipinski definition) is 2. The molecule has 0 heterocycles. The summed E-state index contributed by atoms with van der Waals surface area (Å²) in [4.78, 5) is 0. The molecule has 1 aliphatic rings. The number of nitrogens with one attached hydrogen (secondary N) is 1. The van der Waals surface area contributed by atoms with E-state index in [2.05, 4.69) is 12.4 Å². The molecule has 2 N–H and O–H groups in total. The molecule has 2 nitrogen and oxygen atoms in total. The van der Waals surface area contributed by atoms with Crippen molar-refractivity contribution in [1.82, 2.24) is 5.32 Å². The van der Waals surface area contributed by atoms with Crippen LogP contribution in [0.4, 0.5) is 0 Å². The molecule has 0 aromatic rings. The van der Waals surface area contributed by atoms with Crippen LogP contribution in [-0.4, -0.2) is 17.3 Å². The smallest absolute Gasteiger partial charge is 0.0669 e. The Balaban J connectivity index is 0. The Bertz CT molecular complexity index is 80.5. The van der Waals surface area contributed by atoms with Crippen molar-refractivity contribution >= 4 is 0 Å². The van der Waals surface area contributed by atoms with Gasteiger partial charge in [0.1, 0.15) is 0 Å². The van der Waals surface area contributed by atoms with Crippen molar-refractivity contribution in [2.24, 2.45) is 0 Å². The van der Waals surface area contributed by atoms with Gasteiger partial charge in [-0.1, -0.05) is 13.8 Å². The van der Waals surface area contributed by atoms with Gasteiger partial charge in [0.15, 0.2) is 0 Å². The summed E-state index contributed by atoms with van der Waals surface area (Å²) in [5.41, 5.74) is 0. The first-order valence-corrected chi connectivity index (χ1v) is 4.05. The summed E-state index contributed by atoms with van der Waals surface area (Å²) >= 11 is 0. The molecule has 0 amide bonds. The molecule has 1 saturated carbocycles. The van der Waals surface area contributed by atoms with Crippen LogP contribution in [0.15, 0.2) is 0 Å². The van der Waals surface area contributed by atoms with Gasteiger partial charge in [-0.3, -0.25) is 7.05 Å². The third-order valence-corrected chi connectivity index (χ3v) is 1.74. The predicted molar refractivity (Wildman–Crippen MR) is 43.5 cm³/mol. The van der Waals surface area contributed by atoms with E-state index in [0.29, 0.717) is 0 Å². The number of hydrogen-bond acceptors (Lipinski definition) is 2. The summed E-state index contributed by atoms with van der Waals surface area (Å²) in [6.07, 6.45) is 3.00. The van der Waals surface area contributed by atoms with Crippen molar-refractivity contribution in [3.05, 3.63) is 7.05 Å². The van der Waals surface area contributed by atoms with Gasteiger partial charge in [-0.2, -0.15) is 0 Å². The van der Waals surface area contributed by atoms with Crippen LogP contribution >= 0.6 is 0 Å². The van der Waals surface area contributed by atoms with Gasteiger partial charge < -0.3 is 10.4 Å². The monoisotopic (exact) mass is 233 g/mol. The second kappa shape index (κ2) is 9.11. The first-order valence-electron chi connectivity index (χ1n) is 4.05. The molecule has 2 atom stereocenters. The molecule has 0 aromatic carbocycles. The minimum absolute atomic E-state index is 0. The minimum Gasteiger partial charge on any atom is -0.468 e. The zero-order chi connectivity index (χ0) is 7.98. The largest absolute Gasteiger partial charge is 0.468 e. The summed E-state index contributed by atoms with van der Waals surface area (Å²) in [5.74, 6) is 0. The Hall–Kier alpha value is 1.02. The van der Waals surface area contributed by atoms with E-state index >= 15 is 0 Å². The van der Waals surface area contributed by atoms with Crippen molar-refractivity contribution in [3.63, 3.8) is 0 Å². The van der Waals surface area contributed by atoms with Gasteiger partial charge in [-0.05, 0) is 19.3 Å². The van der Waals surface area contributed by atoms with E-state index in [1.165, 1.54) is 0 Å². The summed E-state index contributed by atoms with van der Waals surface area (Å²) in [5, 5.41) is 11.9. The van der Waals surface area contributed by atoms with Crippen LogP contribution < -0.4 is 5.32 Å². The van der Waals surface area contributed by atoms with Crippen molar-refractivity contribution < 1.29 is 37.8 Å². The second-order valence-corrected chi connectivity index (χ2v) is 2.31. The van der Waals surface area contributed by atoms with Gasteiger partial charge in [0.05, 0.1) is 6.10 Å². The fourth-order valence-electron chi connectivity index (χ4n) is 1.18. The average molecular weight is 233 g/mol. The second-order valence-electron chi connectivity index (χ2n) is 2.31. The van der Waals surface area contributed by atoms with Crippen molar-refractivity contribution in [1.29, 1.82) is 0 Å². The third kappa shape index (κ3) is 5.29. The number of aliphatic hydroxyl groups excluding tert-OH is 1. The standard InChI is InChI=1S/C6H12NO.C2H6.Y/c1-7-5-3-2-4-6(5)8;1-2;/h5-8H,1-4H2;1-2H3;/q-1;;. The summed E-state index contributed by atoms with van der Waals surface area (Å²) in [6.45, 7) is 4.00. The predicted octanol–water partition coefficient (Wildman–Crippen LogP) is 1.30.